The molecule has 1 heterocycles. The second-order valence-electron chi connectivity index (χ2n) is 8.65. The molecule has 4 rings (SSSR count). The molecule has 9 heteroatoms. The number of phenolic OH excluding ortho intramolecular Hbond substituents is 1. The minimum atomic E-state index is -0.613. The first-order chi connectivity index (χ1) is 17.4. The molecule has 0 atom stereocenters. The van der Waals surface area contributed by atoms with Gasteiger partial charge in [0.25, 0.3) is 11.8 Å². The number of benzene rings is 3. The summed E-state index contributed by atoms with van der Waals surface area (Å²) in [5.41, 5.74) is 1.14. The predicted octanol–water partition coefficient (Wildman–Crippen LogP) is 4.19. The number of aromatic hydroxyl groups is 1. The Hall–Kier alpha value is -4.11. The van der Waals surface area contributed by atoms with Crippen LogP contribution in [0.5, 0.6) is 11.5 Å². The largest absolute Gasteiger partial charge is 0.506 e. The van der Waals surface area contributed by atoms with Crippen molar-refractivity contribution in [3.8, 4) is 11.5 Å². The van der Waals surface area contributed by atoms with Crippen molar-refractivity contribution in [2.24, 2.45) is 0 Å². The lowest BCUT2D eigenvalue weighted by Gasteiger charge is -2.23. The molecule has 0 aromatic heterocycles. The average molecular weight is 493 g/mol. The van der Waals surface area contributed by atoms with Crippen LogP contribution >= 0.6 is 0 Å². The molecule has 3 N–H and O–H groups in total. The summed E-state index contributed by atoms with van der Waals surface area (Å²) in [5.74, 6) is -1.16. The maximum Gasteiger partial charge on any atom is 0.255 e. The molecule has 0 radical (unpaired) electrons. The molecule has 0 aliphatic carbocycles. The standard InChI is InChI=1S/C27H29FN4O4/c1-31-13-4-14-32(16-15-31)23-12-9-19(17-21(23)28)27(35)30-25-22(5-3-6-24(25)33)29-26(34)18-7-10-20(36-2)11-8-18/h3,5-12,17,33H,4,13-16H2,1-2H3,(H,29,34)(H,30,35). The van der Waals surface area contributed by atoms with Gasteiger partial charge in [0.05, 0.1) is 18.5 Å². The normalized spacial score (nSPS) is 14.1. The number of carbonyl (C=O) groups excluding carboxylic acids is 2. The highest BCUT2D eigenvalue weighted by atomic mass is 19.1. The predicted molar refractivity (Wildman–Crippen MR) is 138 cm³/mol. The van der Waals surface area contributed by atoms with Crippen molar-refractivity contribution >= 4 is 28.9 Å². The Labute approximate surface area is 209 Å². The first kappa shape index (κ1) is 25.0. The first-order valence-electron chi connectivity index (χ1n) is 11.7. The van der Waals surface area contributed by atoms with Crippen molar-refractivity contribution in [1.82, 2.24) is 4.90 Å². The number of amides is 2. The molecule has 2 amide bonds. The Bertz CT molecular complexity index is 1250. The van der Waals surface area contributed by atoms with Gasteiger partial charge < -0.3 is 30.3 Å². The number of para-hydroxylation sites is 1. The van der Waals surface area contributed by atoms with Crippen LogP contribution in [-0.2, 0) is 0 Å². The van der Waals surface area contributed by atoms with Crippen molar-refractivity contribution in [3.63, 3.8) is 0 Å². The molecule has 1 saturated heterocycles. The number of nitrogens with one attached hydrogen (secondary N) is 2. The number of halogens is 1. The summed E-state index contributed by atoms with van der Waals surface area (Å²) in [6, 6.07) is 15.3. The molecule has 1 aliphatic heterocycles. The second kappa shape index (κ2) is 11.1. The Kier molecular flexibility index (Phi) is 7.70. The highest BCUT2D eigenvalue weighted by Crippen LogP contribution is 2.33. The van der Waals surface area contributed by atoms with Gasteiger partial charge in [0, 0.05) is 30.8 Å². The van der Waals surface area contributed by atoms with Crippen LogP contribution in [0.3, 0.4) is 0 Å². The van der Waals surface area contributed by atoms with Crippen LogP contribution in [0.1, 0.15) is 27.1 Å². The Morgan fingerprint density at radius 2 is 1.64 bits per heavy atom. The number of methoxy groups -OCH3 is 1. The molecule has 1 aliphatic rings. The van der Waals surface area contributed by atoms with Crippen LogP contribution in [0.2, 0.25) is 0 Å². The van der Waals surface area contributed by atoms with Gasteiger partial charge in [-0.15, -0.1) is 0 Å². The van der Waals surface area contributed by atoms with Crippen LogP contribution < -0.4 is 20.3 Å². The van der Waals surface area contributed by atoms with Gasteiger partial charge in [-0.3, -0.25) is 9.59 Å². The highest BCUT2D eigenvalue weighted by molar-refractivity contribution is 6.11. The van der Waals surface area contributed by atoms with Gasteiger partial charge in [0.1, 0.15) is 23.0 Å². The van der Waals surface area contributed by atoms with Crippen LogP contribution in [0, 0.1) is 5.82 Å². The van der Waals surface area contributed by atoms with E-state index in [0.29, 0.717) is 23.5 Å². The molecule has 3 aromatic rings. The van der Waals surface area contributed by atoms with E-state index >= 15 is 0 Å². The summed E-state index contributed by atoms with van der Waals surface area (Å²) < 4.78 is 20.1. The number of likely N-dealkylation sites (N-methyl/N-ethyl adjacent to an activating group) is 1. The molecule has 0 unspecified atom stereocenters. The molecule has 36 heavy (non-hydrogen) atoms. The van der Waals surface area contributed by atoms with Gasteiger partial charge in [0.2, 0.25) is 0 Å². The number of hydrogen-bond acceptors (Lipinski definition) is 6. The van der Waals surface area contributed by atoms with Gasteiger partial charge in [-0.25, -0.2) is 4.39 Å². The molecule has 0 bridgehead atoms. The van der Waals surface area contributed by atoms with Crippen LogP contribution in [0.4, 0.5) is 21.5 Å². The molecule has 0 saturated carbocycles. The van der Waals surface area contributed by atoms with E-state index in [1.807, 2.05) is 11.9 Å². The van der Waals surface area contributed by atoms with Crippen LogP contribution in [0.25, 0.3) is 0 Å². The summed E-state index contributed by atoms with van der Waals surface area (Å²) in [6.07, 6.45) is 0.927. The summed E-state index contributed by atoms with van der Waals surface area (Å²) in [5, 5.41) is 15.7. The van der Waals surface area contributed by atoms with Gasteiger partial charge in [0.15, 0.2) is 0 Å². The second-order valence-corrected chi connectivity index (χ2v) is 8.65. The van der Waals surface area contributed by atoms with Crippen molar-refractivity contribution < 1.29 is 23.8 Å². The lowest BCUT2D eigenvalue weighted by molar-refractivity contribution is 0.101. The van der Waals surface area contributed by atoms with E-state index in [1.54, 1.807) is 48.5 Å². The quantitative estimate of drug-likeness (QED) is 0.447. The van der Waals surface area contributed by atoms with Crippen molar-refractivity contribution in [3.05, 3.63) is 77.6 Å². The molecule has 1 fully saturated rings. The number of anilines is 3. The van der Waals surface area contributed by atoms with Gasteiger partial charge in [-0.1, -0.05) is 6.07 Å². The van der Waals surface area contributed by atoms with Crippen molar-refractivity contribution in [1.29, 1.82) is 0 Å². The van der Waals surface area contributed by atoms with Gasteiger partial charge in [-0.2, -0.15) is 0 Å². The zero-order valence-corrected chi connectivity index (χ0v) is 20.3. The minimum absolute atomic E-state index is 0.0180. The monoisotopic (exact) mass is 492 g/mol. The van der Waals surface area contributed by atoms with Crippen LogP contribution in [0.15, 0.2) is 60.7 Å². The van der Waals surface area contributed by atoms with E-state index < -0.39 is 17.6 Å². The molecule has 3 aromatic carbocycles. The van der Waals surface area contributed by atoms with Gasteiger partial charge >= 0.3 is 0 Å². The first-order valence-corrected chi connectivity index (χ1v) is 11.7. The summed E-state index contributed by atoms with van der Waals surface area (Å²) in [4.78, 5) is 29.8. The number of hydrogen-bond donors (Lipinski definition) is 3. The van der Waals surface area contributed by atoms with E-state index in [1.165, 1.54) is 19.2 Å². The maximum absolute atomic E-state index is 15.0. The van der Waals surface area contributed by atoms with E-state index in [-0.39, 0.29) is 22.7 Å². The fourth-order valence-electron chi connectivity index (χ4n) is 4.09. The molecular weight excluding hydrogens is 463 g/mol. The smallest absolute Gasteiger partial charge is 0.255 e. The van der Waals surface area contributed by atoms with Crippen molar-refractivity contribution in [2.75, 3.05) is 55.9 Å². The summed E-state index contributed by atoms with van der Waals surface area (Å²) in [7, 11) is 3.57. The topological polar surface area (TPSA) is 94.1 Å². The zero-order valence-electron chi connectivity index (χ0n) is 20.3. The fourth-order valence-corrected chi connectivity index (χ4v) is 4.09. The molecule has 0 spiro atoms. The number of nitrogens with zero attached hydrogens (tertiary/aromatic N) is 2. The van der Waals surface area contributed by atoms with Crippen LogP contribution in [-0.4, -0.2) is 62.2 Å². The SMILES string of the molecule is COc1ccc(C(=O)Nc2cccc(O)c2NC(=O)c2ccc(N3CCCN(C)CC3)c(F)c2)cc1. The van der Waals surface area contributed by atoms with Gasteiger partial charge in [-0.05, 0) is 74.6 Å². The third-order valence-electron chi connectivity index (χ3n) is 6.15. The summed E-state index contributed by atoms with van der Waals surface area (Å²) >= 11 is 0. The zero-order chi connectivity index (χ0) is 25.7. The number of phenols is 1. The van der Waals surface area contributed by atoms with Crippen molar-refractivity contribution in [2.45, 2.75) is 6.42 Å². The lowest BCUT2D eigenvalue weighted by Crippen LogP contribution is -2.29. The number of ether oxygens (including phenoxy) is 1. The van der Waals surface area contributed by atoms with E-state index in [4.69, 9.17) is 4.74 Å². The maximum atomic E-state index is 15.0. The highest BCUT2D eigenvalue weighted by Gasteiger charge is 2.19. The number of rotatable bonds is 6. The average Bonchev–Trinajstić information content (AvgIpc) is 3.10. The third kappa shape index (κ3) is 5.75. The minimum Gasteiger partial charge on any atom is -0.506 e. The summed E-state index contributed by atoms with van der Waals surface area (Å²) in [6.45, 7) is 3.23. The fraction of sp³-hybridized carbons (Fsp3) is 0.259. The molecular formula is C27H29FN4O4. The van der Waals surface area contributed by atoms with E-state index in [9.17, 15) is 19.1 Å². The Morgan fingerprint density at radius 1 is 0.917 bits per heavy atom. The van der Waals surface area contributed by atoms with E-state index in [0.717, 1.165) is 26.1 Å². The Morgan fingerprint density at radius 3 is 2.36 bits per heavy atom. The molecule has 8 nitrogen and oxygen atoms in total. The van der Waals surface area contributed by atoms with E-state index in [2.05, 4.69) is 15.5 Å². The molecule has 188 valence electrons. The Balaban J connectivity index is 1.50. The lowest BCUT2D eigenvalue weighted by atomic mass is 10.1. The number of carbonyl (C=O) groups is 2. The third-order valence-corrected chi connectivity index (χ3v) is 6.15.